The van der Waals surface area contributed by atoms with Gasteiger partial charge in [-0.15, -0.1) is 0 Å². The van der Waals surface area contributed by atoms with Crippen LogP contribution in [-0.2, 0) is 11.2 Å². The third-order valence-corrected chi connectivity index (χ3v) is 2.23. The van der Waals surface area contributed by atoms with Crippen molar-refractivity contribution in [3.63, 3.8) is 0 Å². The number of amides is 1. The van der Waals surface area contributed by atoms with Crippen molar-refractivity contribution in [2.75, 3.05) is 20.1 Å². The van der Waals surface area contributed by atoms with Crippen LogP contribution in [-0.4, -0.2) is 31.0 Å². The molecule has 1 aromatic rings. The Bertz CT molecular complexity index is 269. The highest BCUT2D eigenvalue weighted by Gasteiger charge is 1.99. The molecule has 0 spiro atoms. The van der Waals surface area contributed by atoms with Crippen LogP contribution in [0.3, 0.4) is 0 Å². The molecular formula is C11H19N3O. The lowest BCUT2D eigenvalue weighted by molar-refractivity contribution is -0.121. The predicted octanol–water partition coefficient (Wildman–Crippen LogP) is 0.673. The fourth-order valence-corrected chi connectivity index (χ4v) is 1.37. The molecule has 0 saturated heterocycles. The number of aromatic amines is 1. The van der Waals surface area contributed by atoms with Gasteiger partial charge in [0.1, 0.15) is 0 Å². The molecule has 4 heteroatoms. The minimum atomic E-state index is 0.140. The summed E-state index contributed by atoms with van der Waals surface area (Å²) in [6.45, 7) is 1.61. The van der Waals surface area contributed by atoms with Crippen molar-refractivity contribution < 1.29 is 4.79 Å². The first kappa shape index (κ1) is 11.8. The summed E-state index contributed by atoms with van der Waals surface area (Å²) in [4.78, 5) is 14.3. The number of H-pyrrole nitrogens is 1. The average Bonchev–Trinajstić information content (AvgIpc) is 2.71. The standard InChI is InChI=1S/C11H19N3O/c1-12-6-2-3-11(15)14-8-5-10-4-7-13-9-10/h4,7,9,12-13H,2-3,5-6,8H2,1H3,(H,14,15). The minimum Gasteiger partial charge on any atom is -0.367 e. The van der Waals surface area contributed by atoms with Gasteiger partial charge in [-0.1, -0.05) is 0 Å². The molecular weight excluding hydrogens is 190 g/mol. The molecule has 1 heterocycles. The number of hydrogen-bond donors (Lipinski definition) is 3. The molecule has 0 aromatic carbocycles. The smallest absolute Gasteiger partial charge is 0.220 e. The lowest BCUT2D eigenvalue weighted by Gasteiger charge is -2.03. The average molecular weight is 209 g/mol. The maximum atomic E-state index is 11.3. The molecule has 0 atom stereocenters. The maximum absolute atomic E-state index is 11.3. The topological polar surface area (TPSA) is 56.9 Å². The van der Waals surface area contributed by atoms with E-state index in [9.17, 15) is 4.79 Å². The van der Waals surface area contributed by atoms with Gasteiger partial charge in [-0.25, -0.2) is 0 Å². The van der Waals surface area contributed by atoms with E-state index in [1.807, 2.05) is 25.5 Å². The molecule has 0 aliphatic carbocycles. The normalized spacial score (nSPS) is 10.2. The van der Waals surface area contributed by atoms with E-state index in [0.717, 1.165) is 25.9 Å². The van der Waals surface area contributed by atoms with Crippen LogP contribution < -0.4 is 10.6 Å². The van der Waals surface area contributed by atoms with Crippen molar-refractivity contribution in [2.45, 2.75) is 19.3 Å². The highest BCUT2D eigenvalue weighted by Crippen LogP contribution is 1.96. The van der Waals surface area contributed by atoms with E-state index in [4.69, 9.17) is 0 Å². The van der Waals surface area contributed by atoms with Crippen molar-refractivity contribution in [3.05, 3.63) is 24.0 Å². The van der Waals surface area contributed by atoms with Crippen LogP contribution in [0.25, 0.3) is 0 Å². The SMILES string of the molecule is CNCCCC(=O)NCCc1cc[nH]c1. The Kier molecular flexibility index (Phi) is 5.55. The van der Waals surface area contributed by atoms with Crippen LogP contribution in [0.1, 0.15) is 18.4 Å². The molecule has 84 valence electrons. The summed E-state index contributed by atoms with van der Waals surface area (Å²) in [5.74, 6) is 0.140. The number of aromatic nitrogens is 1. The molecule has 0 radical (unpaired) electrons. The van der Waals surface area contributed by atoms with E-state index in [1.54, 1.807) is 0 Å². The van der Waals surface area contributed by atoms with Gasteiger partial charge in [0.2, 0.25) is 5.91 Å². The molecule has 0 unspecified atom stereocenters. The first-order valence-electron chi connectivity index (χ1n) is 5.36. The summed E-state index contributed by atoms with van der Waals surface area (Å²) in [7, 11) is 1.89. The minimum absolute atomic E-state index is 0.140. The van der Waals surface area contributed by atoms with E-state index in [2.05, 4.69) is 15.6 Å². The maximum Gasteiger partial charge on any atom is 0.220 e. The summed E-state index contributed by atoms with van der Waals surface area (Å²) in [5, 5.41) is 5.92. The van der Waals surface area contributed by atoms with Crippen LogP contribution in [0.2, 0.25) is 0 Å². The van der Waals surface area contributed by atoms with Crippen molar-refractivity contribution in [3.8, 4) is 0 Å². The van der Waals surface area contributed by atoms with E-state index in [1.165, 1.54) is 5.56 Å². The summed E-state index contributed by atoms with van der Waals surface area (Å²) in [6, 6.07) is 2.02. The second-order valence-electron chi connectivity index (χ2n) is 3.53. The van der Waals surface area contributed by atoms with E-state index < -0.39 is 0 Å². The van der Waals surface area contributed by atoms with Crippen molar-refractivity contribution in [1.29, 1.82) is 0 Å². The first-order chi connectivity index (χ1) is 7.33. The van der Waals surface area contributed by atoms with Gasteiger partial charge in [-0.05, 0) is 38.1 Å². The molecule has 0 aliphatic rings. The molecule has 0 bridgehead atoms. The zero-order valence-corrected chi connectivity index (χ0v) is 9.18. The Labute approximate surface area is 90.5 Å². The Hall–Kier alpha value is -1.29. The van der Waals surface area contributed by atoms with Crippen LogP contribution in [0.15, 0.2) is 18.5 Å². The molecule has 4 nitrogen and oxygen atoms in total. The van der Waals surface area contributed by atoms with Gasteiger partial charge in [0, 0.05) is 25.4 Å². The summed E-state index contributed by atoms with van der Waals surface area (Å²) in [5.41, 5.74) is 1.23. The van der Waals surface area contributed by atoms with Gasteiger partial charge in [-0.2, -0.15) is 0 Å². The molecule has 1 amide bonds. The third kappa shape index (κ3) is 5.22. The van der Waals surface area contributed by atoms with Crippen LogP contribution >= 0.6 is 0 Å². The monoisotopic (exact) mass is 209 g/mol. The fourth-order valence-electron chi connectivity index (χ4n) is 1.37. The second kappa shape index (κ2) is 7.06. The van der Waals surface area contributed by atoms with E-state index in [0.29, 0.717) is 6.42 Å². The number of nitrogens with one attached hydrogen (secondary N) is 3. The predicted molar refractivity (Wildman–Crippen MR) is 60.7 cm³/mol. The first-order valence-corrected chi connectivity index (χ1v) is 5.36. The van der Waals surface area contributed by atoms with Crippen molar-refractivity contribution in [1.82, 2.24) is 15.6 Å². The molecule has 1 aromatic heterocycles. The van der Waals surface area contributed by atoms with Crippen LogP contribution in [0.5, 0.6) is 0 Å². The highest BCUT2D eigenvalue weighted by atomic mass is 16.1. The van der Waals surface area contributed by atoms with Crippen LogP contribution in [0.4, 0.5) is 0 Å². The van der Waals surface area contributed by atoms with Crippen molar-refractivity contribution in [2.24, 2.45) is 0 Å². The number of hydrogen-bond acceptors (Lipinski definition) is 2. The molecule has 1 rings (SSSR count). The van der Waals surface area contributed by atoms with Gasteiger partial charge in [0.05, 0.1) is 0 Å². The van der Waals surface area contributed by atoms with Crippen LogP contribution in [0, 0.1) is 0 Å². The van der Waals surface area contributed by atoms with Gasteiger partial charge in [0.25, 0.3) is 0 Å². The molecule has 0 fully saturated rings. The fraction of sp³-hybridized carbons (Fsp3) is 0.545. The van der Waals surface area contributed by atoms with Gasteiger partial charge >= 0.3 is 0 Å². The zero-order chi connectivity index (χ0) is 10.9. The molecule has 15 heavy (non-hydrogen) atoms. The quantitative estimate of drug-likeness (QED) is 0.578. The Balaban J connectivity index is 2.02. The summed E-state index contributed by atoms with van der Waals surface area (Å²) in [6.07, 6.45) is 6.24. The second-order valence-corrected chi connectivity index (χ2v) is 3.53. The summed E-state index contributed by atoms with van der Waals surface area (Å²) < 4.78 is 0. The molecule has 0 aliphatic heterocycles. The zero-order valence-electron chi connectivity index (χ0n) is 9.18. The molecule has 0 saturated carbocycles. The lowest BCUT2D eigenvalue weighted by Crippen LogP contribution is -2.26. The Morgan fingerprint density at radius 1 is 1.47 bits per heavy atom. The number of carbonyl (C=O) groups excluding carboxylic acids is 1. The Morgan fingerprint density at radius 2 is 2.33 bits per heavy atom. The van der Waals surface area contributed by atoms with Gasteiger partial charge in [0.15, 0.2) is 0 Å². The largest absolute Gasteiger partial charge is 0.367 e. The van der Waals surface area contributed by atoms with E-state index in [-0.39, 0.29) is 5.91 Å². The Morgan fingerprint density at radius 3 is 3.00 bits per heavy atom. The molecule has 3 N–H and O–H groups in total. The number of rotatable bonds is 7. The lowest BCUT2D eigenvalue weighted by atomic mass is 10.2. The summed E-state index contributed by atoms with van der Waals surface area (Å²) >= 11 is 0. The van der Waals surface area contributed by atoms with Gasteiger partial charge < -0.3 is 15.6 Å². The highest BCUT2D eigenvalue weighted by molar-refractivity contribution is 5.75. The number of carbonyl (C=O) groups is 1. The van der Waals surface area contributed by atoms with E-state index >= 15 is 0 Å². The van der Waals surface area contributed by atoms with Crippen molar-refractivity contribution >= 4 is 5.91 Å². The third-order valence-electron chi connectivity index (χ3n) is 2.23. The van der Waals surface area contributed by atoms with Gasteiger partial charge in [-0.3, -0.25) is 4.79 Å².